The maximum Gasteiger partial charge on any atom is 0.129 e. The first kappa shape index (κ1) is 13.3. The van der Waals surface area contributed by atoms with Gasteiger partial charge in [0, 0.05) is 18.7 Å². The molecular formula is C16H15FN2. The summed E-state index contributed by atoms with van der Waals surface area (Å²) < 4.78 is 13.7. The van der Waals surface area contributed by atoms with E-state index in [1.807, 2.05) is 18.2 Å². The summed E-state index contributed by atoms with van der Waals surface area (Å²) in [4.78, 5) is 0. The van der Waals surface area contributed by atoms with E-state index in [1.54, 1.807) is 12.1 Å². The Hall–Kier alpha value is -2.18. The van der Waals surface area contributed by atoms with E-state index < -0.39 is 0 Å². The molecule has 2 aromatic carbocycles. The van der Waals surface area contributed by atoms with E-state index in [1.165, 1.54) is 17.2 Å². The van der Waals surface area contributed by atoms with Crippen molar-refractivity contribution in [3.05, 3.63) is 70.5 Å². The maximum atomic E-state index is 13.7. The first-order chi connectivity index (χ1) is 9.20. The van der Waals surface area contributed by atoms with Gasteiger partial charge in [0.05, 0.1) is 11.6 Å². The summed E-state index contributed by atoms with van der Waals surface area (Å²) >= 11 is 0. The maximum absolute atomic E-state index is 13.7. The van der Waals surface area contributed by atoms with E-state index in [-0.39, 0.29) is 5.82 Å². The van der Waals surface area contributed by atoms with Crippen molar-refractivity contribution in [3.8, 4) is 6.07 Å². The summed E-state index contributed by atoms with van der Waals surface area (Å²) in [6.07, 6.45) is 0. The van der Waals surface area contributed by atoms with Gasteiger partial charge >= 0.3 is 0 Å². The lowest BCUT2D eigenvalue weighted by Crippen LogP contribution is -2.14. The Bertz CT molecular complexity index is 614. The third-order valence-electron chi connectivity index (χ3n) is 3.07. The molecule has 0 aliphatic heterocycles. The van der Waals surface area contributed by atoms with E-state index in [9.17, 15) is 4.39 Å². The molecule has 19 heavy (non-hydrogen) atoms. The van der Waals surface area contributed by atoms with Crippen molar-refractivity contribution in [2.45, 2.75) is 20.0 Å². The van der Waals surface area contributed by atoms with Crippen molar-refractivity contribution < 1.29 is 4.39 Å². The Labute approximate surface area is 112 Å². The van der Waals surface area contributed by atoms with Crippen molar-refractivity contribution in [2.24, 2.45) is 0 Å². The molecule has 2 nitrogen and oxygen atoms in total. The third-order valence-corrected chi connectivity index (χ3v) is 3.07. The summed E-state index contributed by atoms with van der Waals surface area (Å²) in [7, 11) is 0. The van der Waals surface area contributed by atoms with Crippen LogP contribution in [0, 0.1) is 24.1 Å². The number of aryl methyl sites for hydroxylation is 1. The molecule has 0 spiro atoms. The fraction of sp³-hybridized carbons (Fsp3) is 0.188. The minimum atomic E-state index is -0.337. The zero-order valence-electron chi connectivity index (χ0n) is 10.8. The molecule has 0 aliphatic carbocycles. The Kier molecular flexibility index (Phi) is 4.27. The number of benzene rings is 2. The minimum Gasteiger partial charge on any atom is -0.309 e. The van der Waals surface area contributed by atoms with Gasteiger partial charge in [-0.05, 0) is 30.2 Å². The van der Waals surface area contributed by atoms with Crippen LogP contribution in [0.3, 0.4) is 0 Å². The van der Waals surface area contributed by atoms with Crippen LogP contribution >= 0.6 is 0 Å². The molecule has 0 unspecified atom stereocenters. The van der Waals surface area contributed by atoms with Crippen molar-refractivity contribution in [2.75, 3.05) is 0 Å². The summed E-state index contributed by atoms with van der Waals surface area (Å²) in [6.45, 7) is 3.21. The second-order valence-corrected chi connectivity index (χ2v) is 4.45. The van der Waals surface area contributed by atoms with Crippen LogP contribution in [0.1, 0.15) is 22.3 Å². The number of hydrogen-bond acceptors (Lipinski definition) is 2. The lowest BCUT2D eigenvalue weighted by atomic mass is 10.1. The number of rotatable bonds is 4. The average molecular weight is 254 g/mol. The van der Waals surface area contributed by atoms with Crippen LogP contribution < -0.4 is 5.32 Å². The Morgan fingerprint density at radius 1 is 1.11 bits per heavy atom. The molecule has 0 aliphatic rings. The number of nitrogens with one attached hydrogen (secondary N) is 1. The minimum absolute atomic E-state index is 0.337. The number of nitriles is 1. The molecule has 0 aromatic heterocycles. The predicted molar refractivity (Wildman–Crippen MR) is 72.8 cm³/mol. The van der Waals surface area contributed by atoms with Crippen molar-refractivity contribution in [1.29, 1.82) is 5.26 Å². The quantitative estimate of drug-likeness (QED) is 0.908. The van der Waals surface area contributed by atoms with Crippen molar-refractivity contribution >= 4 is 0 Å². The Balaban J connectivity index is 1.97. The van der Waals surface area contributed by atoms with Crippen LogP contribution in [0.25, 0.3) is 0 Å². The topological polar surface area (TPSA) is 35.8 Å². The van der Waals surface area contributed by atoms with Gasteiger partial charge in [0.1, 0.15) is 5.82 Å². The zero-order valence-corrected chi connectivity index (χ0v) is 10.8. The monoisotopic (exact) mass is 254 g/mol. The highest BCUT2D eigenvalue weighted by Gasteiger charge is 2.03. The van der Waals surface area contributed by atoms with Crippen LogP contribution in [0.15, 0.2) is 42.5 Å². The van der Waals surface area contributed by atoms with Crippen LogP contribution in [0.5, 0.6) is 0 Å². The molecule has 96 valence electrons. The number of halogens is 1. The molecule has 1 N–H and O–H groups in total. The van der Waals surface area contributed by atoms with Gasteiger partial charge in [-0.2, -0.15) is 5.26 Å². The summed E-state index contributed by atoms with van der Waals surface area (Å²) in [6, 6.07) is 14.6. The van der Waals surface area contributed by atoms with Gasteiger partial charge in [-0.1, -0.05) is 30.3 Å². The van der Waals surface area contributed by atoms with Gasteiger partial charge in [-0.15, -0.1) is 0 Å². The van der Waals surface area contributed by atoms with E-state index >= 15 is 0 Å². The van der Waals surface area contributed by atoms with E-state index in [2.05, 4.69) is 24.4 Å². The Morgan fingerprint density at radius 3 is 2.53 bits per heavy atom. The summed E-state index contributed by atoms with van der Waals surface area (Å²) in [5.74, 6) is -0.337. The third kappa shape index (κ3) is 3.40. The molecule has 0 fully saturated rings. The second kappa shape index (κ2) is 6.12. The van der Waals surface area contributed by atoms with Crippen molar-refractivity contribution in [3.63, 3.8) is 0 Å². The molecule has 0 heterocycles. The lowest BCUT2D eigenvalue weighted by molar-refractivity contribution is 0.587. The average Bonchev–Trinajstić information content (AvgIpc) is 2.42. The van der Waals surface area contributed by atoms with Gasteiger partial charge in [-0.3, -0.25) is 0 Å². The predicted octanol–water partition coefficient (Wildman–Crippen LogP) is 3.30. The molecule has 0 radical (unpaired) electrons. The van der Waals surface area contributed by atoms with Crippen LogP contribution in [-0.4, -0.2) is 0 Å². The van der Waals surface area contributed by atoms with E-state index in [0.29, 0.717) is 24.2 Å². The van der Waals surface area contributed by atoms with Gasteiger partial charge in [0.15, 0.2) is 0 Å². The lowest BCUT2D eigenvalue weighted by Gasteiger charge is -2.08. The first-order valence-corrected chi connectivity index (χ1v) is 6.14. The normalized spacial score (nSPS) is 10.2. The molecule has 0 atom stereocenters. The molecule has 3 heteroatoms. The summed E-state index contributed by atoms with van der Waals surface area (Å²) in [5, 5.41) is 11.9. The number of nitrogens with zero attached hydrogens (tertiary/aromatic N) is 1. The SMILES string of the molecule is Cc1ccccc1CNCc1ccc(C#N)cc1F. The second-order valence-electron chi connectivity index (χ2n) is 4.45. The highest BCUT2D eigenvalue weighted by atomic mass is 19.1. The fourth-order valence-corrected chi connectivity index (χ4v) is 1.90. The zero-order chi connectivity index (χ0) is 13.7. The molecule has 0 saturated carbocycles. The summed E-state index contributed by atoms with van der Waals surface area (Å²) in [5.41, 5.74) is 3.35. The molecule has 0 bridgehead atoms. The van der Waals surface area contributed by atoms with Crippen LogP contribution in [0.4, 0.5) is 4.39 Å². The highest BCUT2D eigenvalue weighted by Crippen LogP contribution is 2.11. The molecule has 2 aromatic rings. The molecule has 0 saturated heterocycles. The van der Waals surface area contributed by atoms with E-state index in [4.69, 9.17) is 5.26 Å². The fourth-order valence-electron chi connectivity index (χ4n) is 1.90. The largest absolute Gasteiger partial charge is 0.309 e. The first-order valence-electron chi connectivity index (χ1n) is 6.14. The van der Waals surface area contributed by atoms with Gasteiger partial charge < -0.3 is 5.32 Å². The smallest absolute Gasteiger partial charge is 0.129 e. The van der Waals surface area contributed by atoms with E-state index in [0.717, 1.165) is 0 Å². The highest BCUT2D eigenvalue weighted by molar-refractivity contribution is 5.33. The van der Waals surface area contributed by atoms with Gasteiger partial charge in [-0.25, -0.2) is 4.39 Å². The van der Waals surface area contributed by atoms with Gasteiger partial charge in [0.2, 0.25) is 0 Å². The Morgan fingerprint density at radius 2 is 1.84 bits per heavy atom. The van der Waals surface area contributed by atoms with Gasteiger partial charge in [0.25, 0.3) is 0 Å². The number of hydrogen-bond donors (Lipinski definition) is 1. The van der Waals surface area contributed by atoms with Crippen LogP contribution in [-0.2, 0) is 13.1 Å². The van der Waals surface area contributed by atoms with Crippen LogP contribution in [0.2, 0.25) is 0 Å². The molecule has 0 amide bonds. The van der Waals surface area contributed by atoms with Crippen molar-refractivity contribution in [1.82, 2.24) is 5.32 Å². The molecular weight excluding hydrogens is 239 g/mol. The molecule has 2 rings (SSSR count). The standard InChI is InChI=1S/C16H15FN2/c1-12-4-2-3-5-14(12)10-19-11-15-7-6-13(9-18)8-16(15)17/h2-8,19H,10-11H2,1H3.